The Hall–Kier alpha value is -1.79. The van der Waals surface area contributed by atoms with Crippen molar-refractivity contribution in [1.29, 1.82) is 0 Å². The van der Waals surface area contributed by atoms with E-state index in [9.17, 15) is 0 Å². The topological polar surface area (TPSA) is 43.8 Å². The first kappa shape index (κ1) is 8.79. The number of hydrogen-bond donors (Lipinski definition) is 1. The van der Waals surface area contributed by atoms with Crippen molar-refractivity contribution >= 4 is 11.0 Å². The van der Waals surface area contributed by atoms with Crippen LogP contribution in [0.4, 0.5) is 0 Å². The van der Waals surface area contributed by atoms with Crippen molar-refractivity contribution < 1.29 is 0 Å². The van der Waals surface area contributed by atoms with Crippen LogP contribution in [0.2, 0.25) is 0 Å². The van der Waals surface area contributed by atoms with Crippen LogP contribution >= 0.6 is 0 Å². The number of fused-ring (bicyclic) bond motifs is 1. The zero-order valence-corrected chi connectivity index (χ0v) is 7.72. The van der Waals surface area contributed by atoms with E-state index in [-0.39, 0.29) is 6.04 Å². The monoisotopic (exact) mass is 185 g/mol. The van der Waals surface area contributed by atoms with Crippen LogP contribution < -0.4 is 5.73 Å². The second-order valence-corrected chi connectivity index (χ2v) is 3.16. The molecular weight excluding hydrogens is 174 g/mol. The molecular formula is C11H11N3. The summed E-state index contributed by atoms with van der Waals surface area (Å²) in [6.45, 7) is 0.608. The van der Waals surface area contributed by atoms with Crippen LogP contribution in [0.1, 0.15) is 0 Å². The summed E-state index contributed by atoms with van der Waals surface area (Å²) in [5, 5.41) is 0. The van der Waals surface area contributed by atoms with Crippen LogP contribution in [0.5, 0.6) is 0 Å². The van der Waals surface area contributed by atoms with Crippen LogP contribution in [0.15, 0.2) is 30.6 Å². The van der Waals surface area contributed by atoms with Crippen LogP contribution in [0.3, 0.4) is 0 Å². The van der Waals surface area contributed by atoms with Gasteiger partial charge in [0.2, 0.25) is 0 Å². The van der Waals surface area contributed by atoms with E-state index in [1.807, 2.05) is 28.8 Å². The Morgan fingerprint density at radius 1 is 1.50 bits per heavy atom. The zero-order valence-electron chi connectivity index (χ0n) is 7.72. The van der Waals surface area contributed by atoms with E-state index in [1.165, 1.54) is 0 Å². The predicted molar refractivity (Wildman–Crippen MR) is 56.5 cm³/mol. The van der Waals surface area contributed by atoms with Gasteiger partial charge in [-0.05, 0) is 12.1 Å². The highest BCUT2D eigenvalue weighted by molar-refractivity contribution is 5.74. The first-order valence-electron chi connectivity index (χ1n) is 4.43. The quantitative estimate of drug-likeness (QED) is 0.709. The van der Waals surface area contributed by atoms with E-state index in [1.54, 1.807) is 6.33 Å². The molecule has 0 fully saturated rings. The number of rotatable bonds is 2. The van der Waals surface area contributed by atoms with Crippen molar-refractivity contribution in [1.82, 2.24) is 9.55 Å². The normalized spacial score (nSPS) is 12.6. The summed E-state index contributed by atoms with van der Waals surface area (Å²) >= 11 is 0. The van der Waals surface area contributed by atoms with Gasteiger partial charge in [-0.3, -0.25) is 0 Å². The average Bonchev–Trinajstić information content (AvgIpc) is 2.62. The van der Waals surface area contributed by atoms with E-state index in [2.05, 4.69) is 10.9 Å². The molecule has 2 aromatic rings. The van der Waals surface area contributed by atoms with E-state index in [4.69, 9.17) is 12.2 Å². The van der Waals surface area contributed by atoms with Gasteiger partial charge in [-0.2, -0.15) is 0 Å². The Morgan fingerprint density at radius 3 is 3.07 bits per heavy atom. The molecule has 1 unspecified atom stereocenters. The van der Waals surface area contributed by atoms with Crippen molar-refractivity contribution in [2.24, 2.45) is 5.73 Å². The molecule has 0 aliphatic rings. The maximum absolute atomic E-state index is 5.67. The summed E-state index contributed by atoms with van der Waals surface area (Å²) in [7, 11) is 0. The molecule has 70 valence electrons. The van der Waals surface area contributed by atoms with Crippen molar-refractivity contribution in [3.05, 3.63) is 30.6 Å². The third-order valence-electron chi connectivity index (χ3n) is 2.13. The first-order chi connectivity index (χ1) is 6.81. The molecule has 2 N–H and O–H groups in total. The minimum Gasteiger partial charge on any atom is -0.328 e. The SMILES string of the molecule is C#CC(N)Cn1cnc2ccccc21. The van der Waals surface area contributed by atoms with Gasteiger partial charge >= 0.3 is 0 Å². The Bertz CT molecular complexity index is 478. The molecule has 1 aromatic heterocycles. The highest BCUT2D eigenvalue weighted by atomic mass is 15.1. The Balaban J connectivity index is 2.39. The molecule has 2 rings (SSSR count). The summed E-state index contributed by atoms with van der Waals surface area (Å²) in [6, 6.07) is 7.65. The fraction of sp³-hybridized carbons (Fsp3) is 0.182. The van der Waals surface area contributed by atoms with Gasteiger partial charge in [-0.1, -0.05) is 18.1 Å². The Kier molecular flexibility index (Phi) is 2.21. The summed E-state index contributed by atoms with van der Waals surface area (Å²) < 4.78 is 1.97. The number of nitrogens with two attached hydrogens (primary N) is 1. The predicted octanol–water partition coefficient (Wildman–Crippen LogP) is 0.997. The highest BCUT2D eigenvalue weighted by Gasteiger charge is 2.03. The standard InChI is InChI=1S/C11H11N3/c1-2-9(12)7-14-8-13-10-5-3-4-6-11(10)14/h1,3-6,8-9H,7,12H2. The fourth-order valence-electron chi connectivity index (χ4n) is 1.42. The Labute approximate surface area is 82.6 Å². The fourth-order valence-corrected chi connectivity index (χ4v) is 1.42. The van der Waals surface area contributed by atoms with Gasteiger partial charge in [0.15, 0.2) is 0 Å². The maximum Gasteiger partial charge on any atom is 0.0959 e. The lowest BCUT2D eigenvalue weighted by atomic mass is 10.3. The molecule has 0 amide bonds. The van der Waals surface area contributed by atoms with E-state index < -0.39 is 0 Å². The summed E-state index contributed by atoms with van der Waals surface area (Å²) in [5.41, 5.74) is 7.71. The van der Waals surface area contributed by atoms with Crippen LogP contribution in [0.25, 0.3) is 11.0 Å². The lowest BCUT2D eigenvalue weighted by Gasteiger charge is -2.06. The smallest absolute Gasteiger partial charge is 0.0959 e. The molecule has 0 aliphatic heterocycles. The number of nitrogens with zero attached hydrogens (tertiary/aromatic N) is 2. The number of para-hydroxylation sites is 2. The molecule has 3 nitrogen and oxygen atoms in total. The molecule has 1 atom stereocenters. The van der Waals surface area contributed by atoms with Crippen molar-refractivity contribution in [3.63, 3.8) is 0 Å². The molecule has 3 heteroatoms. The summed E-state index contributed by atoms with van der Waals surface area (Å²) in [6.07, 6.45) is 6.99. The third kappa shape index (κ3) is 1.48. The number of benzene rings is 1. The molecule has 0 bridgehead atoms. The van der Waals surface area contributed by atoms with E-state index in [0.717, 1.165) is 11.0 Å². The van der Waals surface area contributed by atoms with E-state index in [0.29, 0.717) is 6.54 Å². The van der Waals surface area contributed by atoms with Gasteiger partial charge in [-0.25, -0.2) is 4.98 Å². The molecule has 1 heterocycles. The van der Waals surface area contributed by atoms with Gasteiger partial charge in [0, 0.05) is 0 Å². The molecule has 0 aliphatic carbocycles. The van der Waals surface area contributed by atoms with Gasteiger partial charge < -0.3 is 10.3 Å². The molecule has 0 radical (unpaired) electrons. The van der Waals surface area contributed by atoms with Gasteiger partial charge in [0.05, 0.1) is 29.9 Å². The lowest BCUT2D eigenvalue weighted by molar-refractivity contribution is 0.658. The molecule has 1 aromatic carbocycles. The van der Waals surface area contributed by atoms with Crippen LogP contribution in [0, 0.1) is 12.3 Å². The third-order valence-corrected chi connectivity index (χ3v) is 2.13. The highest BCUT2D eigenvalue weighted by Crippen LogP contribution is 2.11. The zero-order chi connectivity index (χ0) is 9.97. The number of terminal acetylenes is 1. The maximum atomic E-state index is 5.67. The lowest BCUT2D eigenvalue weighted by Crippen LogP contribution is -2.23. The van der Waals surface area contributed by atoms with Gasteiger partial charge in [0.1, 0.15) is 0 Å². The average molecular weight is 185 g/mol. The van der Waals surface area contributed by atoms with Crippen molar-refractivity contribution in [2.75, 3.05) is 0 Å². The molecule has 0 spiro atoms. The molecule has 14 heavy (non-hydrogen) atoms. The first-order valence-corrected chi connectivity index (χ1v) is 4.43. The minimum atomic E-state index is -0.257. The van der Waals surface area contributed by atoms with Gasteiger partial charge in [0.25, 0.3) is 0 Å². The Morgan fingerprint density at radius 2 is 2.29 bits per heavy atom. The van der Waals surface area contributed by atoms with Crippen molar-refractivity contribution in [3.8, 4) is 12.3 Å². The van der Waals surface area contributed by atoms with Crippen molar-refractivity contribution in [2.45, 2.75) is 12.6 Å². The number of imidazole rings is 1. The second kappa shape index (κ2) is 3.52. The van der Waals surface area contributed by atoms with Crippen LogP contribution in [-0.4, -0.2) is 15.6 Å². The largest absolute Gasteiger partial charge is 0.328 e. The van der Waals surface area contributed by atoms with Gasteiger partial charge in [-0.15, -0.1) is 6.42 Å². The summed E-state index contributed by atoms with van der Waals surface area (Å²) in [5.74, 6) is 2.50. The molecule has 0 saturated heterocycles. The van der Waals surface area contributed by atoms with E-state index >= 15 is 0 Å². The summed E-state index contributed by atoms with van der Waals surface area (Å²) in [4.78, 5) is 4.24. The van der Waals surface area contributed by atoms with Crippen LogP contribution in [-0.2, 0) is 6.54 Å². The minimum absolute atomic E-state index is 0.257. The number of hydrogen-bond acceptors (Lipinski definition) is 2. The molecule has 0 saturated carbocycles. The number of aromatic nitrogens is 2. The second-order valence-electron chi connectivity index (χ2n) is 3.16.